The van der Waals surface area contributed by atoms with Gasteiger partial charge in [0.1, 0.15) is 6.10 Å². The first-order valence-corrected chi connectivity index (χ1v) is 16.2. The third kappa shape index (κ3) is 4.09. The number of carbonyl (C=O) groups excluding carboxylic acids is 5. The molecule has 1 aromatic heterocycles. The topological polar surface area (TPSA) is 165 Å². The maximum absolute atomic E-state index is 13.6. The number of fused-ring (bicyclic) bond motifs is 4. The van der Waals surface area contributed by atoms with Crippen LogP contribution in [0, 0.1) is 22.2 Å². The second-order valence-electron chi connectivity index (χ2n) is 14.5. The minimum absolute atomic E-state index is 0.0939. The molecular weight excluding hydrogens is 624 g/mol. The number of furan rings is 1. The molecule has 12 heteroatoms. The molecule has 6 rings (SSSR count). The summed E-state index contributed by atoms with van der Waals surface area (Å²) in [6, 6.07) is 1.70. The number of aliphatic hydroxyl groups excluding tert-OH is 1. The van der Waals surface area contributed by atoms with Crippen LogP contribution in [0.15, 0.2) is 57.1 Å². The Morgan fingerprint density at radius 1 is 1.08 bits per heavy atom. The van der Waals surface area contributed by atoms with Crippen molar-refractivity contribution in [3.63, 3.8) is 0 Å². The molecule has 8 atom stereocenters. The van der Waals surface area contributed by atoms with Crippen LogP contribution in [0.5, 0.6) is 0 Å². The van der Waals surface area contributed by atoms with Crippen LogP contribution in [-0.4, -0.2) is 59.4 Å². The highest BCUT2D eigenvalue weighted by molar-refractivity contribution is 5.90. The van der Waals surface area contributed by atoms with Gasteiger partial charge in [0.2, 0.25) is 5.76 Å². The molecule has 2 heterocycles. The maximum atomic E-state index is 13.6. The molecule has 1 aliphatic heterocycles. The Labute approximate surface area is 278 Å². The van der Waals surface area contributed by atoms with Crippen LogP contribution in [0.4, 0.5) is 0 Å². The van der Waals surface area contributed by atoms with Gasteiger partial charge in [0.05, 0.1) is 19.6 Å². The fourth-order valence-corrected chi connectivity index (χ4v) is 10.3. The standard InChI is InChI=1S/C36H42O12/c1-9-18(2)29(41)46-31-33(6)17-36(48-20(4)38)34(7,24(33)14-25(39)43-8)23-10-12-32(5)26(22(23)15-35(31,36)47-19(3)37)27(40)30(42)45-28(32)21-11-13-44-16-21/h9,11,13,16,24,28,31,40H,10,12,14-15,17H2,1-8H3/t24-,28-,31-,32+,33+,34+,35+,36+/m0/s1. The Morgan fingerprint density at radius 3 is 2.35 bits per heavy atom. The van der Waals surface area contributed by atoms with Crippen LogP contribution >= 0.6 is 0 Å². The van der Waals surface area contributed by atoms with Crippen molar-refractivity contribution in [3.8, 4) is 0 Å². The van der Waals surface area contributed by atoms with Gasteiger partial charge in [-0.15, -0.1) is 0 Å². The van der Waals surface area contributed by atoms with E-state index < -0.39 is 81.2 Å². The number of methoxy groups -OCH3 is 1. The van der Waals surface area contributed by atoms with E-state index in [1.807, 2.05) is 20.8 Å². The average Bonchev–Trinajstić information content (AvgIpc) is 3.66. The highest BCUT2D eigenvalue weighted by Crippen LogP contribution is 2.81. The van der Waals surface area contributed by atoms with E-state index in [2.05, 4.69) is 0 Å². The zero-order valence-corrected chi connectivity index (χ0v) is 28.5. The number of hydrogen-bond donors (Lipinski definition) is 1. The SMILES string of the molecule is CC=C(C)C(=O)O[C@H]1[C@]2(C)C[C@]3(OC(C)=O)[C@@]1(OC(C)=O)CC1=C(CC[C@]4(C)C1=C(O)C(=O)O[C@H]4c1ccoc1)[C@]3(C)[C@H]2CC(=O)OC. The summed E-state index contributed by atoms with van der Waals surface area (Å²) in [5, 5.41) is 11.6. The van der Waals surface area contributed by atoms with Crippen LogP contribution in [0.25, 0.3) is 0 Å². The average molecular weight is 667 g/mol. The second kappa shape index (κ2) is 10.8. The zero-order chi connectivity index (χ0) is 35.2. The van der Waals surface area contributed by atoms with Gasteiger partial charge in [0, 0.05) is 66.1 Å². The van der Waals surface area contributed by atoms with E-state index in [-0.39, 0.29) is 19.3 Å². The van der Waals surface area contributed by atoms with Gasteiger partial charge in [-0.2, -0.15) is 0 Å². The van der Waals surface area contributed by atoms with E-state index in [4.69, 9.17) is 28.1 Å². The van der Waals surface area contributed by atoms with Gasteiger partial charge >= 0.3 is 29.8 Å². The molecule has 4 aliphatic carbocycles. The Balaban J connectivity index is 1.70. The summed E-state index contributed by atoms with van der Waals surface area (Å²) in [5.41, 5.74) is -4.20. The van der Waals surface area contributed by atoms with E-state index in [9.17, 15) is 29.1 Å². The van der Waals surface area contributed by atoms with Crippen LogP contribution in [0.1, 0.15) is 92.2 Å². The van der Waals surface area contributed by atoms with Gasteiger partial charge in [0.15, 0.2) is 17.3 Å². The molecule has 0 spiro atoms. The molecule has 0 radical (unpaired) electrons. The monoisotopic (exact) mass is 666 g/mol. The van der Waals surface area contributed by atoms with Crippen LogP contribution in [0.3, 0.4) is 0 Å². The fourth-order valence-electron chi connectivity index (χ4n) is 10.3. The third-order valence-corrected chi connectivity index (χ3v) is 12.2. The molecule has 5 aliphatic rings. The third-order valence-electron chi connectivity index (χ3n) is 12.2. The van der Waals surface area contributed by atoms with Crippen LogP contribution < -0.4 is 0 Å². The number of aliphatic hydroxyl groups is 1. The quantitative estimate of drug-likeness (QED) is 0.228. The van der Waals surface area contributed by atoms with E-state index >= 15 is 0 Å². The van der Waals surface area contributed by atoms with Crippen molar-refractivity contribution in [3.05, 3.63) is 58.3 Å². The summed E-state index contributed by atoms with van der Waals surface area (Å²) in [5.74, 6) is -4.75. The molecular formula is C36H42O12. The molecule has 2 fully saturated rings. The van der Waals surface area contributed by atoms with Gasteiger partial charge in [0.25, 0.3) is 0 Å². The number of allylic oxidation sites excluding steroid dienone is 1. The van der Waals surface area contributed by atoms with Crippen molar-refractivity contribution >= 4 is 29.8 Å². The van der Waals surface area contributed by atoms with Crippen molar-refractivity contribution in [2.24, 2.45) is 22.2 Å². The summed E-state index contributed by atoms with van der Waals surface area (Å²) in [7, 11) is 1.28. The predicted molar refractivity (Wildman–Crippen MR) is 165 cm³/mol. The lowest BCUT2D eigenvalue weighted by Gasteiger charge is -2.65. The van der Waals surface area contributed by atoms with Crippen molar-refractivity contribution < 1.29 is 57.2 Å². The van der Waals surface area contributed by atoms with Gasteiger partial charge in [-0.05, 0) is 44.2 Å². The molecule has 1 N–H and O–H groups in total. The molecule has 48 heavy (non-hydrogen) atoms. The zero-order valence-electron chi connectivity index (χ0n) is 28.5. The van der Waals surface area contributed by atoms with Gasteiger partial charge in [-0.3, -0.25) is 14.4 Å². The Morgan fingerprint density at radius 2 is 1.77 bits per heavy atom. The minimum atomic E-state index is -1.82. The Kier molecular flexibility index (Phi) is 7.57. The molecule has 12 nitrogen and oxygen atoms in total. The van der Waals surface area contributed by atoms with Crippen LogP contribution in [-0.2, 0) is 47.7 Å². The first-order valence-electron chi connectivity index (χ1n) is 16.2. The number of ether oxygens (including phenoxy) is 5. The molecule has 2 bridgehead atoms. The van der Waals surface area contributed by atoms with E-state index in [0.29, 0.717) is 35.1 Å². The highest BCUT2D eigenvalue weighted by atomic mass is 16.6. The molecule has 258 valence electrons. The smallest absolute Gasteiger partial charge is 0.374 e. The highest BCUT2D eigenvalue weighted by Gasteiger charge is 2.90. The molecule has 0 saturated heterocycles. The van der Waals surface area contributed by atoms with E-state index in [1.54, 1.807) is 26.0 Å². The van der Waals surface area contributed by atoms with E-state index in [1.165, 1.54) is 33.5 Å². The van der Waals surface area contributed by atoms with Gasteiger partial charge < -0.3 is 33.2 Å². The molecule has 1 aromatic rings. The number of carbonyl (C=O) groups is 5. The number of rotatable bonds is 7. The van der Waals surface area contributed by atoms with Crippen molar-refractivity contribution in [1.29, 1.82) is 0 Å². The number of cyclic esters (lactones) is 1. The maximum Gasteiger partial charge on any atom is 0.374 e. The first kappa shape index (κ1) is 33.5. The van der Waals surface area contributed by atoms with Crippen LogP contribution in [0.2, 0.25) is 0 Å². The summed E-state index contributed by atoms with van der Waals surface area (Å²) >= 11 is 0. The molecule has 0 amide bonds. The lowest BCUT2D eigenvalue weighted by Crippen LogP contribution is -2.75. The lowest BCUT2D eigenvalue weighted by atomic mass is 9.44. The summed E-state index contributed by atoms with van der Waals surface area (Å²) in [6.07, 6.45) is 3.11. The van der Waals surface area contributed by atoms with Crippen molar-refractivity contribution in [1.82, 2.24) is 0 Å². The Bertz CT molecular complexity index is 1710. The summed E-state index contributed by atoms with van der Waals surface area (Å²) < 4.78 is 35.4. The number of esters is 5. The minimum Gasteiger partial charge on any atom is -0.502 e. The van der Waals surface area contributed by atoms with Gasteiger partial charge in [-0.25, -0.2) is 9.59 Å². The first-order chi connectivity index (χ1) is 22.5. The number of hydrogen-bond acceptors (Lipinski definition) is 12. The molecule has 0 aromatic carbocycles. The lowest BCUT2D eigenvalue weighted by molar-refractivity contribution is -0.276. The predicted octanol–water partition coefficient (Wildman–Crippen LogP) is 5.28. The molecule has 2 saturated carbocycles. The van der Waals surface area contributed by atoms with Crippen molar-refractivity contribution in [2.75, 3.05) is 7.11 Å². The summed E-state index contributed by atoms with van der Waals surface area (Å²) in [6.45, 7) is 11.4. The second-order valence-corrected chi connectivity index (χ2v) is 14.5. The van der Waals surface area contributed by atoms with Crippen molar-refractivity contribution in [2.45, 2.75) is 104 Å². The molecule has 0 unspecified atom stereocenters. The van der Waals surface area contributed by atoms with Gasteiger partial charge in [-0.1, -0.05) is 32.4 Å². The van der Waals surface area contributed by atoms with E-state index in [0.717, 1.165) is 5.57 Å². The summed E-state index contributed by atoms with van der Waals surface area (Å²) in [4.78, 5) is 66.5. The largest absolute Gasteiger partial charge is 0.502 e. The fraction of sp³-hybridized carbons (Fsp3) is 0.583. The normalized spacial score (nSPS) is 38.1. The Hall–Kier alpha value is -4.35.